The predicted octanol–water partition coefficient (Wildman–Crippen LogP) is 3.45. The van der Waals surface area contributed by atoms with Crippen molar-refractivity contribution in [1.29, 1.82) is 0 Å². The van der Waals surface area contributed by atoms with Crippen molar-refractivity contribution in [2.75, 3.05) is 5.32 Å². The Morgan fingerprint density at radius 3 is 2.45 bits per heavy atom. The van der Waals surface area contributed by atoms with Crippen molar-refractivity contribution in [3.63, 3.8) is 0 Å². The number of hydrogen-bond acceptors (Lipinski definition) is 5. The van der Waals surface area contributed by atoms with Crippen LogP contribution in [0, 0.1) is 18.6 Å². The highest BCUT2D eigenvalue weighted by atomic mass is 32.2. The largest absolute Gasteiger partial charge is 0.324 e. The summed E-state index contributed by atoms with van der Waals surface area (Å²) in [5.74, 6) is -2.85. The first-order chi connectivity index (χ1) is 15.7. The van der Waals surface area contributed by atoms with Crippen LogP contribution in [0.4, 0.5) is 14.5 Å². The topological polar surface area (TPSA) is 98.1 Å². The van der Waals surface area contributed by atoms with Gasteiger partial charge in [-0.15, -0.1) is 0 Å². The number of hydrogen-bond donors (Lipinski definition) is 1. The molecule has 1 amide bonds. The third-order valence-electron chi connectivity index (χ3n) is 4.89. The molecule has 2 heterocycles. The zero-order valence-corrected chi connectivity index (χ0v) is 18.1. The van der Waals surface area contributed by atoms with E-state index in [1.807, 2.05) is 0 Å². The molecule has 0 saturated heterocycles. The van der Waals surface area contributed by atoms with Gasteiger partial charge >= 0.3 is 0 Å². The number of nitrogens with zero attached hydrogens (tertiary/aromatic N) is 2. The van der Waals surface area contributed by atoms with Crippen molar-refractivity contribution in [2.45, 2.75) is 23.3 Å². The SMILES string of the molecule is Cc1ccc2c(=O)c(S(=O)(=O)c3ccccc3)cn(CC(=O)Nc3ccc(F)c(F)c3)c2n1. The minimum Gasteiger partial charge on any atom is -0.324 e. The zero-order chi connectivity index (χ0) is 23.8. The van der Waals surface area contributed by atoms with E-state index in [2.05, 4.69) is 10.3 Å². The van der Waals surface area contributed by atoms with Gasteiger partial charge in [-0.1, -0.05) is 18.2 Å². The Balaban J connectivity index is 1.81. The molecule has 168 valence electrons. The fourth-order valence-corrected chi connectivity index (χ4v) is 4.69. The monoisotopic (exact) mass is 469 g/mol. The van der Waals surface area contributed by atoms with Gasteiger partial charge < -0.3 is 9.88 Å². The van der Waals surface area contributed by atoms with Crippen LogP contribution in [-0.2, 0) is 21.2 Å². The lowest BCUT2D eigenvalue weighted by Gasteiger charge is -2.14. The molecule has 0 bridgehead atoms. The third kappa shape index (κ3) is 4.37. The molecule has 2 aromatic carbocycles. The van der Waals surface area contributed by atoms with Gasteiger partial charge in [0.1, 0.15) is 17.1 Å². The zero-order valence-electron chi connectivity index (χ0n) is 17.2. The van der Waals surface area contributed by atoms with Gasteiger partial charge in [0.25, 0.3) is 0 Å². The summed E-state index contributed by atoms with van der Waals surface area (Å²) in [6.45, 7) is 1.26. The number of pyridine rings is 2. The van der Waals surface area contributed by atoms with E-state index in [4.69, 9.17) is 0 Å². The molecular formula is C23H17F2N3O4S. The normalized spacial score (nSPS) is 11.5. The Labute approximate surface area is 187 Å². The molecule has 0 aliphatic rings. The number of nitrogens with one attached hydrogen (secondary N) is 1. The molecule has 0 radical (unpaired) electrons. The van der Waals surface area contributed by atoms with Crippen molar-refractivity contribution in [3.05, 3.63) is 94.4 Å². The van der Waals surface area contributed by atoms with Crippen LogP contribution in [0.25, 0.3) is 11.0 Å². The molecule has 33 heavy (non-hydrogen) atoms. The van der Waals surface area contributed by atoms with Gasteiger partial charge in [-0.3, -0.25) is 9.59 Å². The number of rotatable bonds is 5. The highest BCUT2D eigenvalue weighted by molar-refractivity contribution is 7.91. The Morgan fingerprint density at radius 1 is 1.03 bits per heavy atom. The minimum atomic E-state index is -4.18. The number of carbonyl (C=O) groups is 1. The number of benzene rings is 2. The smallest absolute Gasteiger partial charge is 0.244 e. The molecular weight excluding hydrogens is 452 g/mol. The van der Waals surface area contributed by atoms with Gasteiger partial charge in [0.05, 0.1) is 10.3 Å². The van der Waals surface area contributed by atoms with Gasteiger partial charge in [0.2, 0.25) is 21.2 Å². The standard InChI is InChI=1S/C23H17F2N3O4S/c1-14-7-9-17-22(30)20(33(31,32)16-5-3-2-4-6-16)12-28(23(17)26-14)13-21(29)27-15-8-10-18(24)19(25)11-15/h2-12H,13H2,1H3,(H,27,29). The highest BCUT2D eigenvalue weighted by Crippen LogP contribution is 2.21. The van der Waals surface area contributed by atoms with Crippen molar-refractivity contribution >= 4 is 32.5 Å². The van der Waals surface area contributed by atoms with E-state index in [0.717, 1.165) is 18.3 Å². The summed E-state index contributed by atoms with van der Waals surface area (Å²) in [4.78, 5) is 29.4. The van der Waals surface area contributed by atoms with Gasteiger partial charge in [-0.05, 0) is 43.3 Å². The summed E-state index contributed by atoms with van der Waals surface area (Å²) in [6, 6.07) is 13.3. The van der Waals surface area contributed by atoms with Crippen LogP contribution in [0.15, 0.2) is 81.4 Å². The van der Waals surface area contributed by atoms with E-state index < -0.39 is 44.2 Å². The summed E-state index contributed by atoms with van der Waals surface area (Å²) in [7, 11) is -4.18. The van der Waals surface area contributed by atoms with Crippen LogP contribution < -0.4 is 10.7 Å². The van der Waals surface area contributed by atoms with Crippen molar-refractivity contribution < 1.29 is 22.0 Å². The Kier molecular flexibility index (Phi) is 5.77. The summed E-state index contributed by atoms with van der Waals surface area (Å²) >= 11 is 0. The van der Waals surface area contributed by atoms with Gasteiger partial charge in [0.15, 0.2) is 11.6 Å². The van der Waals surface area contributed by atoms with E-state index in [1.54, 1.807) is 19.1 Å². The molecule has 0 fully saturated rings. The Bertz CT molecular complexity index is 1550. The maximum absolute atomic E-state index is 13.5. The van der Waals surface area contributed by atoms with Crippen molar-refractivity contribution in [1.82, 2.24) is 9.55 Å². The molecule has 0 spiro atoms. The predicted molar refractivity (Wildman–Crippen MR) is 118 cm³/mol. The summed E-state index contributed by atoms with van der Waals surface area (Å²) < 4.78 is 54.1. The molecule has 4 rings (SSSR count). The average molecular weight is 469 g/mol. The van der Waals surface area contributed by atoms with Crippen LogP contribution in [0.2, 0.25) is 0 Å². The molecule has 0 aliphatic carbocycles. The number of aryl methyl sites for hydroxylation is 1. The first kappa shape index (κ1) is 22.3. The maximum Gasteiger partial charge on any atom is 0.244 e. The number of halogens is 2. The first-order valence-electron chi connectivity index (χ1n) is 9.72. The van der Waals surface area contributed by atoms with E-state index in [9.17, 15) is 26.8 Å². The summed E-state index contributed by atoms with van der Waals surface area (Å²) in [5.41, 5.74) is -0.0492. The molecule has 0 aliphatic heterocycles. The fourth-order valence-electron chi connectivity index (χ4n) is 3.30. The molecule has 0 atom stereocenters. The van der Waals surface area contributed by atoms with Crippen LogP contribution in [-0.4, -0.2) is 23.9 Å². The van der Waals surface area contributed by atoms with Gasteiger partial charge in [0, 0.05) is 23.6 Å². The molecule has 2 aromatic heterocycles. The maximum atomic E-state index is 13.5. The molecule has 7 nitrogen and oxygen atoms in total. The first-order valence-corrected chi connectivity index (χ1v) is 11.2. The number of anilines is 1. The number of sulfone groups is 1. The van der Waals surface area contributed by atoms with E-state index >= 15 is 0 Å². The minimum absolute atomic E-state index is 0.0190. The number of carbonyl (C=O) groups excluding carboxylic acids is 1. The summed E-state index contributed by atoms with van der Waals surface area (Å²) in [5, 5.41) is 2.45. The number of amides is 1. The molecule has 0 saturated carbocycles. The van der Waals surface area contributed by atoms with E-state index in [1.165, 1.54) is 41.0 Å². The molecule has 4 aromatic rings. The molecule has 10 heteroatoms. The van der Waals surface area contributed by atoms with Crippen molar-refractivity contribution in [2.24, 2.45) is 0 Å². The van der Waals surface area contributed by atoms with Gasteiger partial charge in [-0.2, -0.15) is 0 Å². The second kappa shape index (κ2) is 8.55. The van der Waals surface area contributed by atoms with Crippen LogP contribution >= 0.6 is 0 Å². The Morgan fingerprint density at radius 2 is 1.76 bits per heavy atom. The number of fused-ring (bicyclic) bond motifs is 1. The van der Waals surface area contributed by atoms with Crippen LogP contribution in [0.3, 0.4) is 0 Å². The fraction of sp³-hybridized carbons (Fsp3) is 0.0870. The van der Waals surface area contributed by atoms with E-state index in [0.29, 0.717) is 5.69 Å². The average Bonchev–Trinajstić information content (AvgIpc) is 2.78. The quantitative estimate of drug-likeness (QED) is 0.483. The van der Waals surface area contributed by atoms with Gasteiger partial charge in [-0.25, -0.2) is 22.2 Å². The lowest BCUT2D eigenvalue weighted by molar-refractivity contribution is -0.116. The Hall–Kier alpha value is -3.92. The molecule has 0 unspecified atom stereocenters. The highest BCUT2D eigenvalue weighted by Gasteiger charge is 2.24. The summed E-state index contributed by atoms with van der Waals surface area (Å²) in [6.07, 6.45) is 1.07. The second-order valence-electron chi connectivity index (χ2n) is 7.27. The van der Waals surface area contributed by atoms with Crippen LogP contribution in [0.1, 0.15) is 5.69 Å². The molecule has 1 N–H and O–H groups in total. The second-order valence-corrected chi connectivity index (χ2v) is 9.19. The third-order valence-corrected chi connectivity index (χ3v) is 6.65. The van der Waals surface area contributed by atoms with E-state index in [-0.39, 0.29) is 21.6 Å². The lowest BCUT2D eigenvalue weighted by atomic mass is 10.2. The van der Waals surface area contributed by atoms with Crippen LogP contribution in [0.5, 0.6) is 0 Å². The lowest BCUT2D eigenvalue weighted by Crippen LogP contribution is -2.24. The van der Waals surface area contributed by atoms with Crippen molar-refractivity contribution in [3.8, 4) is 0 Å². The number of aromatic nitrogens is 2.